The van der Waals surface area contributed by atoms with Crippen LogP contribution in [0.4, 0.5) is 0 Å². The number of hydrogen-bond acceptors (Lipinski definition) is 13. The molecular formula is C54H56N6O13. The van der Waals surface area contributed by atoms with Gasteiger partial charge in [-0.15, -0.1) is 0 Å². The van der Waals surface area contributed by atoms with Gasteiger partial charge < -0.3 is 68.1 Å². The molecule has 19 nitrogen and oxygen atoms in total. The fourth-order valence-electron chi connectivity index (χ4n) is 7.72. The van der Waals surface area contributed by atoms with E-state index >= 15 is 0 Å². The lowest BCUT2D eigenvalue weighted by molar-refractivity contribution is -0.142. The molecule has 380 valence electrons. The van der Waals surface area contributed by atoms with Crippen molar-refractivity contribution in [1.29, 1.82) is 0 Å². The van der Waals surface area contributed by atoms with Gasteiger partial charge in [-0.25, -0.2) is 4.79 Å². The fraction of sp³-hybridized carbons (Fsp3) is 0.222. The Balaban J connectivity index is 1.29. The van der Waals surface area contributed by atoms with Gasteiger partial charge in [0.25, 0.3) is 0 Å². The predicted molar refractivity (Wildman–Crippen MR) is 266 cm³/mol. The molecule has 0 saturated carbocycles. The summed E-state index contributed by atoms with van der Waals surface area (Å²) >= 11 is 0. The average Bonchev–Trinajstić information content (AvgIpc) is 3.36. The van der Waals surface area contributed by atoms with Crippen LogP contribution in [-0.4, -0.2) is 108 Å². The third-order valence-corrected chi connectivity index (χ3v) is 11.8. The van der Waals surface area contributed by atoms with Crippen LogP contribution in [0.3, 0.4) is 0 Å². The van der Waals surface area contributed by atoms with Crippen LogP contribution in [0.2, 0.25) is 0 Å². The SMILES string of the molecule is N[C@@H](Cc1ccc(O)cc1)C(=O)N[C@@H](Cc1ccc(O)cc1)C(=O)N[C@@H](Cc1ccc(O)cc1)C(=O)N[C@@H](Cc1ccc(O)cc1)C(=O)N[C@@H](Cc1ccc(O)cc1)C(=O)N[C@@H](Cc1ccc(O)cc1)C(=O)O. The van der Waals surface area contributed by atoms with E-state index in [-0.39, 0.29) is 73.0 Å². The van der Waals surface area contributed by atoms with Gasteiger partial charge in [0.2, 0.25) is 29.5 Å². The molecule has 6 aromatic rings. The maximum absolute atomic E-state index is 14.7. The first kappa shape index (κ1) is 53.3. The molecule has 14 N–H and O–H groups in total. The van der Waals surface area contributed by atoms with Gasteiger partial charge in [0.1, 0.15) is 64.7 Å². The Bertz CT molecular complexity index is 2830. The van der Waals surface area contributed by atoms with Crippen molar-refractivity contribution in [2.45, 2.75) is 74.8 Å². The number of benzene rings is 6. The van der Waals surface area contributed by atoms with Gasteiger partial charge in [-0.2, -0.15) is 0 Å². The van der Waals surface area contributed by atoms with E-state index < -0.39 is 71.8 Å². The second kappa shape index (κ2) is 25.1. The molecular weight excluding hydrogens is 941 g/mol. The summed E-state index contributed by atoms with van der Waals surface area (Å²) in [6.45, 7) is 0. The summed E-state index contributed by atoms with van der Waals surface area (Å²) in [5.41, 5.74) is 9.26. The maximum atomic E-state index is 14.7. The van der Waals surface area contributed by atoms with Gasteiger partial charge in [-0.05, 0) is 113 Å². The Labute approximate surface area is 419 Å². The fourth-order valence-corrected chi connectivity index (χ4v) is 7.72. The number of hydrogen-bond donors (Lipinski definition) is 13. The summed E-state index contributed by atoms with van der Waals surface area (Å²) in [7, 11) is 0. The van der Waals surface area contributed by atoms with Crippen molar-refractivity contribution in [3.8, 4) is 34.5 Å². The van der Waals surface area contributed by atoms with Crippen LogP contribution in [0, 0.1) is 0 Å². The summed E-state index contributed by atoms with van der Waals surface area (Å²) in [6.07, 6.45) is -0.952. The lowest BCUT2D eigenvalue weighted by atomic mass is 9.99. The lowest BCUT2D eigenvalue weighted by Gasteiger charge is -2.27. The molecule has 0 aliphatic heterocycles. The molecule has 0 unspecified atom stereocenters. The van der Waals surface area contributed by atoms with E-state index in [2.05, 4.69) is 26.6 Å². The minimum absolute atomic E-state index is 0.0118. The summed E-state index contributed by atoms with van der Waals surface area (Å²) in [5.74, 6) is -6.04. The number of nitrogens with two attached hydrogens (primary N) is 1. The molecule has 0 spiro atoms. The Morgan fingerprint density at radius 2 is 0.479 bits per heavy atom. The minimum atomic E-state index is -1.51. The van der Waals surface area contributed by atoms with E-state index in [0.717, 1.165) is 0 Å². The first-order valence-electron chi connectivity index (χ1n) is 23.0. The van der Waals surface area contributed by atoms with Crippen LogP contribution in [0.1, 0.15) is 33.4 Å². The molecule has 0 fully saturated rings. The quantitative estimate of drug-likeness (QED) is 0.0439. The number of carbonyl (C=O) groups excluding carboxylic acids is 5. The molecule has 0 saturated heterocycles. The Morgan fingerprint density at radius 1 is 0.301 bits per heavy atom. The smallest absolute Gasteiger partial charge is 0.326 e. The molecule has 73 heavy (non-hydrogen) atoms. The van der Waals surface area contributed by atoms with Crippen LogP contribution in [0.15, 0.2) is 146 Å². The third kappa shape index (κ3) is 16.5. The summed E-state index contributed by atoms with van der Waals surface area (Å²) in [6, 6.07) is 26.3. The van der Waals surface area contributed by atoms with Gasteiger partial charge in [-0.1, -0.05) is 72.8 Å². The Morgan fingerprint density at radius 3 is 0.699 bits per heavy atom. The van der Waals surface area contributed by atoms with Crippen molar-refractivity contribution in [3.63, 3.8) is 0 Å². The first-order valence-corrected chi connectivity index (χ1v) is 23.0. The molecule has 6 atom stereocenters. The number of carboxylic acid groups (broad SMARTS) is 1. The molecule has 6 aromatic carbocycles. The zero-order chi connectivity index (χ0) is 52.6. The van der Waals surface area contributed by atoms with Crippen molar-refractivity contribution in [2.75, 3.05) is 0 Å². The number of amides is 5. The lowest BCUT2D eigenvalue weighted by Crippen LogP contribution is -2.60. The van der Waals surface area contributed by atoms with Crippen molar-refractivity contribution in [3.05, 3.63) is 179 Å². The Kier molecular flexibility index (Phi) is 18.3. The molecule has 0 aliphatic rings. The van der Waals surface area contributed by atoms with E-state index in [1.165, 1.54) is 133 Å². The number of phenols is 6. The zero-order valence-electron chi connectivity index (χ0n) is 39.2. The molecule has 19 heteroatoms. The van der Waals surface area contributed by atoms with Gasteiger partial charge in [0, 0.05) is 32.1 Å². The van der Waals surface area contributed by atoms with Crippen LogP contribution in [-0.2, 0) is 67.3 Å². The van der Waals surface area contributed by atoms with E-state index in [1.54, 1.807) is 12.1 Å². The second-order valence-corrected chi connectivity index (χ2v) is 17.5. The van der Waals surface area contributed by atoms with Crippen molar-refractivity contribution < 1.29 is 64.5 Å². The zero-order valence-corrected chi connectivity index (χ0v) is 39.2. The van der Waals surface area contributed by atoms with Crippen LogP contribution in [0.25, 0.3) is 0 Å². The highest BCUT2D eigenvalue weighted by Gasteiger charge is 2.34. The molecule has 0 radical (unpaired) electrons. The molecule has 0 aliphatic carbocycles. The van der Waals surface area contributed by atoms with Crippen molar-refractivity contribution in [2.24, 2.45) is 5.73 Å². The van der Waals surface area contributed by atoms with E-state index in [9.17, 15) is 64.5 Å². The number of nitrogens with one attached hydrogen (secondary N) is 5. The predicted octanol–water partition coefficient (Wildman–Crippen LogP) is 2.51. The third-order valence-electron chi connectivity index (χ3n) is 11.8. The van der Waals surface area contributed by atoms with Gasteiger partial charge >= 0.3 is 5.97 Å². The van der Waals surface area contributed by atoms with Gasteiger partial charge in [0.05, 0.1) is 6.04 Å². The second-order valence-electron chi connectivity index (χ2n) is 17.5. The topological polar surface area (TPSA) is 330 Å². The van der Waals surface area contributed by atoms with Crippen molar-refractivity contribution in [1.82, 2.24) is 26.6 Å². The van der Waals surface area contributed by atoms with E-state index in [4.69, 9.17) is 5.73 Å². The largest absolute Gasteiger partial charge is 0.508 e. The Hall–Kier alpha value is -9.10. The highest BCUT2D eigenvalue weighted by atomic mass is 16.4. The number of aliphatic carboxylic acids is 1. The van der Waals surface area contributed by atoms with Crippen LogP contribution >= 0.6 is 0 Å². The standard InChI is InChI=1S/C54H56N6O13/c55-43(25-31-1-13-37(61)14-2-31)49(67)56-44(26-32-3-15-38(62)16-4-32)50(68)57-45(27-33-5-17-39(63)18-6-33)51(69)58-46(28-34-7-19-40(64)20-8-34)52(70)59-47(29-35-9-21-41(65)22-10-35)53(71)60-48(54(72)73)30-36-11-23-42(66)24-12-36/h1-24,43-48,61-66H,25-30,55H2,(H,56,67)(H,57,68)(H,58,69)(H,59,70)(H,60,71)(H,72,73)/t43-,44-,45-,46-,47-,48-/m0/s1. The number of carboxylic acids is 1. The van der Waals surface area contributed by atoms with E-state index in [1.807, 2.05) is 0 Å². The summed E-state index contributed by atoms with van der Waals surface area (Å²) < 4.78 is 0. The number of phenolic OH excluding ortho intramolecular Hbond substituents is 6. The van der Waals surface area contributed by atoms with Gasteiger partial charge in [0.15, 0.2) is 0 Å². The average molecular weight is 997 g/mol. The maximum Gasteiger partial charge on any atom is 0.326 e. The van der Waals surface area contributed by atoms with Crippen LogP contribution in [0.5, 0.6) is 34.5 Å². The number of carbonyl (C=O) groups is 6. The van der Waals surface area contributed by atoms with Crippen LogP contribution < -0.4 is 32.3 Å². The molecule has 5 amide bonds. The highest BCUT2D eigenvalue weighted by molar-refractivity contribution is 5.97. The van der Waals surface area contributed by atoms with E-state index in [0.29, 0.717) is 33.4 Å². The summed E-state index contributed by atoms with van der Waals surface area (Å²) in [4.78, 5) is 84.0. The molecule has 0 bridgehead atoms. The van der Waals surface area contributed by atoms with Crippen molar-refractivity contribution >= 4 is 35.5 Å². The monoisotopic (exact) mass is 996 g/mol. The molecule has 0 aromatic heterocycles. The number of aromatic hydroxyl groups is 6. The highest BCUT2D eigenvalue weighted by Crippen LogP contribution is 2.18. The molecule has 6 rings (SSSR count). The summed E-state index contributed by atoms with van der Waals surface area (Å²) in [5, 5.41) is 82.9. The normalized spacial score (nSPS) is 13.4. The first-order chi connectivity index (χ1) is 34.9. The number of rotatable bonds is 23. The minimum Gasteiger partial charge on any atom is -0.508 e. The van der Waals surface area contributed by atoms with Gasteiger partial charge in [-0.3, -0.25) is 24.0 Å². The molecule has 0 heterocycles.